The number of amides is 5. The number of carbonyl (C=O) groups excluding carboxylic acids is 5. The zero-order chi connectivity index (χ0) is 30.9. The summed E-state index contributed by atoms with van der Waals surface area (Å²) in [5, 5.41) is 11.0. The Balaban J connectivity index is 3.21. The van der Waals surface area contributed by atoms with Crippen molar-refractivity contribution in [3.05, 3.63) is 12.2 Å². The largest absolute Gasteiger partial charge is 0.370 e. The quantitative estimate of drug-likeness (QED) is 0.0730. The fraction of sp³-hybridized carbons (Fsp3) is 0.714. The molecule has 1 rings (SSSR count). The number of allylic oxidation sites excluding steroid dienone is 1. The van der Waals surface area contributed by atoms with Crippen molar-refractivity contribution < 1.29 is 24.0 Å². The number of aliphatic imine (C=N–C) groups is 1. The molecule has 10 N–H and O–H groups in total. The number of hydrogen-bond donors (Lipinski definition) is 7. The van der Waals surface area contributed by atoms with Crippen LogP contribution < -0.4 is 38.5 Å². The SMILES string of the molecule is CCC(C)C1NC(=O)CCCCCC=CCC(C(=O)NC(CCCN=C(N)N)C(=O)NC(C(N)=O)C(C)C)NC1=O. The molecule has 0 bridgehead atoms. The van der Waals surface area contributed by atoms with E-state index in [0.29, 0.717) is 19.3 Å². The van der Waals surface area contributed by atoms with Gasteiger partial charge in [-0.15, -0.1) is 0 Å². The lowest BCUT2D eigenvalue weighted by Gasteiger charge is -2.28. The van der Waals surface area contributed by atoms with E-state index < -0.39 is 47.8 Å². The van der Waals surface area contributed by atoms with Gasteiger partial charge in [0, 0.05) is 13.0 Å². The molecule has 0 radical (unpaired) electrons. The van der Waals surface area contributed by atoms with Gasteiger partial charge in [-0.1, -0.05) is 52.7 Å². The summed E-state index contributed by atoms with van der Waals surface area (Å²) in [6.07, 6.45) is 8.76. The molecule has 1 aliphatic heterocycles. The number of nitrogens with two attached hydrogens (primary N) is 3. The third-order valence-corrected chi connectivity index (χ3v) is 7.11. The predicted molar refractivity (Wildman–Crippen MR) is 158 cm³/mol. The molecule has 0 saturated heterocycles. The lowest BCUT2D eigenvalue weighted by Crippen LogP contribution is -2.59. The Kier molecular flexibility index (Phi) is 16.1. The smallest absolute Gasteiger partial charge is 0.243 e. The summed E-state index contributed by atoms with van der Waals surface area (Å²) in [7, 11) is 0. The molecule has 41 heavy (non-hydrogen) atoms. The molecule has 13 heteroatoms. The molecule has 13 nitrogen and oxygen atoms in total. The summed E-state index contributed by atoms with van der Waals surface area (Å²) in [5.41, 5.74) is 16.2. The van der Waals surface area contributed by atoms with Crippen LogP contribution in [0.15, 0.2) is 17.1 Å². The molecule has 0 spiro atoms. The monoisotopic (exact) mass is 578 g/mol. The molecule has 1 heterocycles. The molecule has 0 aliphatic carbocycles. The van der Waals surface area contributed by atoms with Crippen LogP contribution in [0.25, 0.3) is 0 Å². The van der Waals surface area contributed by atoms with Crippen molar-refractivity contribution in [1.82, 2.24) is 21.3 Å². The Morgan fingerprint density at radius 1 is 1.02 bits per heavy atom. The molecule has 0 aromatic rings. The van der Waals surface area contributed by atoms with Gasteiger partial charge in [0.15, 0.2) is 5.96 Å². The molecule has 1 aliphatic rings. The Labute approximate surface area is 243 Å². The van der Waals surface area contributed by atoms with E-state index in [2.05, 4.69) is 26.3 Å². The van der Waals surface area contributed by atoms with Gasteiger partial charge in [0.05, 0.1) is 0 Å². The highest BCUT2D eigenvalue weighted by molar-refractivity contribution is 5.95. The second-order valence-corrected chi connectivity index (χ2v) is 10.9. The standard InChI is InChI=1S/C28H50N8O5/c1-5-18(4)23-27(41)34-19(13-10-8-6-7-9-11-15-21(37)35-23)25(39)33-20(14-12-16-32-28(30)31)26(40)36-22(17(2)3)24(29)38/h8,10,17-20,22-23H,5-7,9,11-16H2,1-4H3,(H2,29,38)(H,33,39)(H,34,41)(H,35,37)(H,36,40)(H4,30,31,32). The molecular weight excluding hydrogens is 528 g/mol. The molecule has 232 valence electrons. The zero-order valence-electron chi connectivity index (χ0n) is 24.9. The summed E-state index contributed by atoms with van der Waals surface area (Å²) < 4.78 is 0. The average Bonchev–Trinajstić information content (AvgIpc) is 2.90. The highest BCUT2D eigenvalue weighted by Crippen LogP contribution is 2.12. The Bertz CT molecular complexity index is 948. The van der Waals surface area contributed by atoms with Gasteiger partial charge >= 0.3 is 0 Å². The van der Waals surface area contributed by atoms with Crippen molar-refractivity contribution in [3.63, 3.8) is 0 Å². The Morgan fingerprint density at radius 2 is 1.73 bits per heavy atom. The van der Waals surface area contributed by atoms with Gasteiger partial charge < -0.3 is 38.5 Å². The van der Waals surface area contributed by atoms with Gasteiger partial charge in [0.2, 0.25) is 29.5 Å². The molecule has 5 unspecified atom stereocenters. The maximum Gasteiger partial charge on any atom is 0.243 e. The van der Waals surface area contributed by atoms with Crippen molar-refractivity contribution in [2.45, 2.75) is 110 Å². The van der Waals surface area contributed by atoms with E-state index >= 15 is 0 Å². The number of nitrogens with one attached hydrogen (secondary N) is 4. The minimum atomic E-state index is -1.05. The predicted octanol–water partition coefficient (Wildman–Crippen LogP) is 0.0770. The number of rotatable bonds is 12. The van der Waals surface area contributed by atoms with Crippen LogP contribution in [0.5, 0.6) is 0 Å². The van der Waals surface area contributed by atoms with Crippen LogP contribution in [0.3, 0.4) is 0 Å². The fourth-order valence-corrected chi connectivity index (χ4v) is 4.38. The van der Waals surface area contributed by atoms with E-state index in [1.165, 1.54) is 0 Å². The van der Waals surface area contributed by atoms with Crippen LogP contribution in [-0.2, 0) is 24.0 Å². The summed E-state index contributed by atoms with van der Waals surface area (Å²) in [6.45, 7) is 7.50. The van der Waals surface area contributed by atoms with Crippen molar-refractivity contribution in [3.8, 4) is 0 Å². The highest BCUT2D eigenvalue weighted by atomic mass is 16.2. The van der Waals surface area contributed by atoms with Crippen molar-refractivity contribution >= 4 is 35.5 Å². The maximum atomic E-state index is 13.5. The first kappa shape index (κ1) is 35.4. The van der Waals surface area contributed by atoms with E-state index in [9.17, 15) is 24.0 Å². The third kappa shape index (κ3) is 13.5. The van der Waals surface area contributed by atoms with Crippen LogP contribution >= 0.6 is 0 Å². The van der Waals surface area contributed by atoms with E-state index in [0.717, 1.165) is 25.7 Å². The number of primary amides is 1. The van der Waals surface area contributed by atoms with E-state index in [4.69, 9.17) is 17.2 Å². The number of guanidine groups is 1. The molecular formula is C28H50N8O5. The van der Waals surface area contributed by atoms with E-state index in [1.54, 1.807) is 13.8 Å². The van der Waals surface area contributed by atoms with E-state index in [1.807, 2.05) is 26.0 Å². The van der Waals surface area contributed by atoms with E-state index in [-0.39, 0.29) is 43.1 Å². The summed E-state index contributed by atoms with van der Waals surface area (Å²) in [6, 6.07) is -3.79. The summed E-state index contributed by atoms with van der Waals surface area (Å²) in [5.74, 6) is -3.07. The van der Waals surface area contributed by atoms with Crippen LogP contribution in [0, 0.1) is 11.8 Å². The van der Waals surface area contributed by atoms with Gasteiger partial charge in [-0.25, -0.2) is 0 Å². The maximum absolute atomic E-state index is 13.5. The number of hydrogen-bond acceptors (Lipinski definition) is 6. The lowest BCUT2D eigenvalue weighted by molar-refractivity contribution is -0.135. The zero-order valence-corrected chi connectivity index (χ0v) is 24.9. The topological polar surface area (TPSA) is 224 Å². The van der Waals surface area contributed by atoms with Gasteiger partial charge in [-0.2, -0.15) is 0 Å². The molecule has 5 atom stereocenters. The molecule has 0 saturated carbocycles. The molecule has 0 aromatic heterocycles. The third-order valence-electron chi connectivity index (χ3n) is 7.11. The first-order valence-corrected chi connectivity index (χ1v) is 14.6. The van der Waals surface area contributed by atoms with Crippen LogP contribution in [0.1, 0.15) is 85.5 Å². The average molecular weight is 579 g/mol. The second-order valence-electron chi connectivity index (χ2n) is 10.9. The van der Waals surface area contributed by atoms with Crippen LogP contribution in [0.4, 0.5) is 0 Å². The fourth-order valence-electron chi connectivity index (χ4n) is 4.38. The minimum Gasteiger partial charge on any atom is -0.370 e. The number of nitrogens with zero attached hydrogens (tertiary/aromatic N) is 1. The van der Waals surface area contributed by atoms with Gasteiger partial charge in [0.25, 0.3) is 0 Å². The minimum absolute atomic E-state index is 0.0965. The highest BCUT2D eigenvalue weighted by Gasteiger charge is 2.32. The van der Waals surface area contributed by atoms with Gasteiger partial charge in [-0.05, 0) is 50.4 Å². The molecule has 0 aromatic carbocycles. The molecule has 0 fully saturated rings. The van der Waals surface area contributed by atoms with Gasteiger partial charge in [0.1, 0.15) is 24.2 Å². The Hall–Kier alpha value is -3.64. The van der Waals surface area contributed by atoms with Crippen LogP contribution in [0.2, 0.25) is 0 Å². The van der Waals surface area contributed by atoms with Crippen molar-refractivity contribution in [1.29, 1.82) is 0 Å². The van der Waals surface area contributed by atoms with Crippen LogP contribution in [-0.4, -0.2) is 66.2 Å². The molecule has 5 amide bonds. The van der Waals surface area contributed by atoms with Crippen molar-refractivity contribution in [2.24, 2.45) is 34.0 Å². The summed E-state index contributed by atoms with van der Waals surface area (Å²) >= 11 is 0. The van der Waals surface area contributed by atoms with Gasteiger partial charge in [-0.3, -0.25) is 29.0 Å². The first-order valence-electron chi connectivity index (χ1n) is 14.6. The Morgan fingerprint density at radius 3 is 2.34 bits per heavy atom. The second kappa shape index (κ2) is 18.7. The summed E-state index contributed by atoms with van der Waals surface area (Å²) in [4.78, 5) is 68.4. The first-order chi connectivity index (χ1) is 19.4. The lowest BCUT2D eigenvalue weighted by atomic mass is 9.97. The van der Waals surface area contributed by atoms with Crippen molar-refractivity contribution in [2.75, 3.05) is 6.54 Å². The normalized spacial score (nSPS) is 20.9. The number of carbonyl (C=O) groups is 5.